The van der Waals surface area contributed by atoms with Crippen LogP contribution in [0.3, 0.4) is 0 Å². The summed E-state index contributed by atoms with van der Waals surface area (Å²) in [6.07, 6.45) is 4.65. The maximum Gasteiger partial charge on any atom is 0.120 e. The van der Waals surface area contributed by atoms with Gasteiger partial charge in [-0.25, -0.2) is 0 Å². The Hall–Kier alpha value is -2.29. The number of rotatable bonds is 6. The van der Waals surface area contributed by atoms with E-state index >= 15 is 0 Å². The summed E-state index contributed by atoms with van der Waals surface area (Å²) < 4.78 is 10.6. The van der Waals surface area contributed by atoms with Crippen molar-refractivity contribution in [2.45, 2.75) is 37.5 Å². The minimum Gasteiger partial charge on any atom is -0.497 e. The number of hydrogen-bond donors (Lipinski definition) is 0. The van der Waals surface area contributed by atoms with Gasteiger partial charge in [-0.1, -0.05) is 18.2 Å². The lowest BCUT2D eigenvalue weighted by molar-refractivity contribution is -0.108. The molecule has 0 aromatic heterocycles. The predicted octanol–water partition coefficient (Wildman–Crippen LogP) is 4.50. The van der Waals surface area contributed by atoms with Crippen LogP contribution >= 0.6 is 0 Å². The quantitative estimate of drug-likeness (QED) is 0.734. The first-order valence-electron chi connectivity index (χ1n) is 8.51. The maximum absolute atomic E-state index is 11.0. The molecule has 0 amide bonds. The van der Waals surface area contributed by atoms with E-state index in [9.17, 15) is 4.79 Å². The zero-order chi connectivity index (χ0) is 16.9. The van der Waals surface area contributed by atoms with Crippen molar-refractivity contribution in [3.8, 4) is 11.5 Å². The highest BCUT2D eigenvalue weighted by atomic mass is 16.5. The van der Waals surface area contributed by atoms with E-state index < -0.39 is 0 Å². The van der Waals surface area contributed by atoms with E-state index in [0.29, 0.717) is 18.3 Å². The second-order valence-electron chi connectivity index (χ2n) is 6.33. The van der Waals surface area contributed by atoms with Crippen molar-refractivity contribution in [3.63, 3.8) is 0 Å². The van der Waals surface area contributed by atoms with Crippen LogP contribution in [0.4, 0.5) is 0 Å². The van der Waals surface area contributed by atoms with Gasteiger partial charge in [0.25, 0.3) is 0 Å². The van der Waals surface area contributed by atoms with Crippen LogP contribution < -0.4 is 9.47 Å². The molecule has 3 nitrogen and oxygen atoms in total. The van der Waals surface area contributed by atoms with Crippen LogP contribution in [0.2, 0.25) is 0 Å². The Morgan fingerprint density at radius 1 is 1.04 bits per heavy atom. The van der Waals surface area contributed by atoms with Crippen LogP contribution in [-0.4, -0.2) is 20.5 Å². The van der Waals surface area contributed by atoms with E-state index in [-0.39, 0.29) is 0 Å². The molecule has 1 aliphatic rings. The van der Waals surface area contributed by atoms with E-state index in [1.165, 1.54) is 16.7 Å². The minimum atomic E-state index is 0.373. The van der Waals surface area contributed by atoms with Gasteiger partial charge in [-0.3, -0.25) is 0 Å². The van der Waals surface area contributed by atoms with Crippen molar-refractivity contribution >= 4 is 6.29 Å². The largest absolute Gasteiger partial charge is 0.497 e. The first-order valence-corrected chi connectivity index (χ1v) is 8.51. The summed E-state index contributed by atoms with van der Waals surface area (Å²) in [5.74, 6) is 2.60. The van der Waals surface area contributed by atoms with E-state index in [2.05, 4.69) is 24.3 Å². The molecule has 0 aliphatic heterocycles. The summed E-state index contributed by atoms with van der Waals surface area (Å²) >= 11 is 0. The minimum absolute atomic E-state index is 0.373. The topological polar surface area (TPSA) is 35.5 Å². The molecule has 126 valence electrons. The molecular formula is C21H24O3. The van der Waals surface area contributed by atoms with E-state index in [1.54, 1.807) is 14.2 Å². The van der Waals surface area contributed by atoms with Crippen molar-refractivity contribution in [1.29, 1.82) is 0 Å². The molecule has 2 atom stereocenters. The van der Waals surface area contributed by atoms with Crippen LogP contribution in [0, 0.1) is 0 Å². The van der Waals surface area contributed by atoms with Crippen LogP contribution in [0.1, 0.15) is 47.8 Å². The maximum atomic E-state index is 11.0. The molecule has 0 saturated carbocycles. The van der Waals surface area contributed by atoms with Gasteiger partial charge in [0, 0.05) is 6.42 Å². The van der Waals surface area contributed by atoms with E-state index in [1.807, 2.05) is 18.2 Å². The number of aldehydes is 1. The SMILES string of the molecule is COc1ccc(C2CCc3cc(OC)ccc3C2CCC=O)cc1. The molecule has 2 aromatic rings. The van der Waals surface area contributed by atoms with Crippen LogP contribution in [0.15, 0.2) is 42.5 Å². The first kappa shape index (κ1) is 16.6. The Morgan fingerprint density at radius 2 is 1.75 bits per heavy atom. The highest BCUT2D eigenvalue weighted by Gasteiger charge is 2.30. The summed E-state index contributed by atoms with van der Waals surface area (Å²) in [7, 11) is 3.39. The van der Waals surface area contributed by atoms with Gasteiger partial charge in [-0.2, -0.15) is 0 Å². The molecule has 3 rings (SSSR count). The molecule has 0 spiro atoms. The Morgan fingerprint density at radius 3 is 2.42 bits per heavy atom. The zero-order valence-electron chi connectivity index (χ0n) is 14.3. The van der Waals surface area contributed by atoms with E-state index in [4.69, 9.17) is 9.47 Å². The number of aryl methyl sites for hydroxylation is 1. The molecular weight excluding hydrogens is 300 g/mol. The fourth-order valence-corrected chi connectivity index (χ4v) is 3.87. The van der Waals surface area contributed by atoms with Crippen molar-refractivity contribution in [1.82, 2.24) is 0 Å². The van der Waals surface area contributed by atoms with Gasteiger partial charge in [-0.15, -0.1) is 0 Å². The highest BCUT2D eigenvalue weighted by Crippen LogP contribution is 2.45. The highest BCUT2D eigenvalue weighted by molar-refractivity contribution is 5.50. The fraction of sp³-hybridized carbons (Fsp3) is 0.381. The molecule has 0 bridgehead atoms. The van der Waals surface area contributed by atoms with Gasteiger partial charge in [0.05, 0.1) is 14.2 Å². The summed E-state index contributed by atoms with van der Waals surface area (Å²) in [6, 6.07) is 14.7. The van der Waals surface area contributed by atoms with Crippen LogP contribution in [0.25, 0.3) is 0 Å². The van der Waals surface area contributed by atoms with Gasteiger partial charge in [0.1, 0.15) is 17.8 Å². The van der Waals surface area contributed by atoms with Crippen LogP contribution in [0.5, 0.6) is 11.5 Å². The Bertz CT molecular complexity index is 691. The Labute approximate surface area is 143 Å². The monoisotopic (exact) mass is 324 g/mol. The summed E-state index contributed by atoms with van der Waals surface area (Å²) in [4.78, 5) is 11.0. The molecule has 0 N–H and O–H groups in total. The number of carbonyl (C=O) groups excluding carboxylic acids is 1. The van der Waals surface area contributed by atoms with Gasteiger partial charge >= 0.3 is 0 Å². The first-order chi connectivity index (χ1) is 11.8. The summed E-state index contributed by atoms with van der Waals surface area (Å²) in [5, 5.41) is 0. The molecule has 3 heteroatoms. The second-order valence-corrected chi connectivity index (χ2v) is 6.33. The number of hydrogen-bond acceptors (Lipinski definition) is 3. The lowest BCUT2D eigenvalue weighted by Gasteiger charge is -2.34. The number of carbonyl (C=O) groups is 1. The Kier molecular flexibility index (Phi) is 5.19. The lowest BCUT2D eigenvalue weighted by atomic mass is 9.70. The number of fused-ring (bicyclic) bond motifs is 1. The summed E-state index contributed by atoms with van der Waals surface area (Å²) in [6.45, 7) is 0. The standard InChI is InChI=1S/C21H24O3/c1-23-17-8-5-15(6-9-17)19-11-7-16-14-18(24-2)10-12-20(16)21(19)4-3-13-22/h5-6,8-10,12-14,19,21H,3-4,7,11H2,1-2H3. The molecule has 2 aromatic carbocycles. The summed E-state index contributed by atoms with van der Waals surface area (Å²) in [5.41, 5.74) is 4.05. The molecule has 2 unspecified atom stereocenters. The van der Waals surface area contributed by atoms with Crippen molar-refractivity contribution < 1.29 is 14.3 Å². The van der Waals surface area contributed by atoms with Crippen molar-refractivity contribution in [2.24, 2.45) is 0 Å². The molecule has 0 fully saturated rings. The van der Waals surface area contributed by atoms with Crippen molar-refractivity contribution in [3.05, 3.63) is 59.2 Å². The molecule has 1 aliphatic carbocycles. The number of methoxy groups -OCH3 is 2. The molecule has 0 radical (unpaired) electrons. The normalized spacial score (nSPS) is 19.4. The second kappa shape index (κ2) is 7.52. The Balaban J connectivity index is 1.94. The van der Waals surface area contributed by atoms with Gasteiger partial charge in [0.15, 0.2) is 0 Å². The van der Waals surface area contributed by atoms with Crippen LogP contribution in [-0.2, 0) is 11.2 Å². The van der Waals surface area contributed by atoms with Gasteiger partial charge < -0.3 is 14.3 Å². The third-order valence-corrected chi connectivity index (χ3v) is 5.10. The zero-order valence-corrected chi connectivity index (χ0v) is 14.3. The van der Waals surface area contributed by atoms with E-state index in [0.717, 1.165) is 37.0 Å². The third-order valence-electron chi connectivity index (χ3n) is 5.10. The van der Waals surface area contributed by atoms with Gasteiger partial charge in [0.2, 0.25) is 0 Å². The fourth-order valence-electron chi connectivity index (χ4n) is 3.87. The average Bonchev–Trinajstić information content (AvgIpc) is 2.65. The van der Waals surface area contributed by atoms with Gasteiger partial charge in [-0.05, 0) is 72.1 Å². The molecule has 0 heterocycles. The predicted molar refractivity (Wildman–Crippen MR) is 95.1 cm³/mol. The third kappa shape index (κ3) is 3.30. The van der Waals surface area contributed by atoms with Crippen molar-refractivity contribution in [2.75, 3.05) is 14.2 Å². The molecule has 0 saturated heterocycles. The lowest BCUT2D eigenvalue weighted by Crippen LogP contribution is -2.19. The molecule has 24 heavy (non-hydrogen) atoms. The number of ether oxygens (including phenoxy) is 2. The average molecular weight is 324 g/mol. The number of benzene rings is 2. The smallest absolute Gasteiger partial charge is 0.120 e.